The summed E-state index contributed by atoms with van der Waals surface area (Å²) in [5, 5.41) is 12.2. The lowest BCUT2D eigenvalue weighted by atomic mass is 10.0. The minimum atomic E-state index is -1.18. The number of carbonyl (C=O) groups excluding carboxylic acids is 2. The molecule has 0 aliphatic rings. The van der Waals surface area contributed by atoms with E-state index in [1.54, 1.807) is 24.3 Å². The van der Waals surface area contributed by atoms with Gasteiger partial charge in [-0.25, -0.2) is 9.59 Å². The molecule has 0 aliphatic carbocycles. The van der Waals surface area contributed by atoms with Crippen molar-refractivity contribution in [2.45, 2.75) is 12.5 Å². The van der Waals surface area contributed by atoms with Crippen LogP contribution in [0.1, 0.15) is 26.3 Å². The summed E-state index contributed by atoms with van der Waals surface area (Å²) in [5.41, 5.74) is 0.974. The molecular formula is C18H16ClNO5. The second kappa shape index (κ2) is 8.30. The molecule has 2 aromatic carbocycles. The molecule has 0 radical (unpaired) electrons. The predicted molar refractivity (Wildman–Crippen MR) is 91.8 cm³/mol. The molecule has 0 fully saturated rings. The summed E-state index contributed by atoms with van der Waals surface area (Å²) in [5.74, 6) is -2.37. The monoisotopic (exact) mass is 361 g/mol. The van der Waals surface area contributed by atoms with Crippen LogP contribution >= 0.6 is 11.6 Å². The van der Waals surface area contributed by atoms with Crippen molar-refractivity contribution in [3.8, 4) is 0 Å². The molecule has 2 rings (SSSR count). The van der Waals surface area contributed by atoms with Crippen LogP contribution < -0.4 is 5.32 Å². The molecule has 2 N–H and O–H groups in total. The van der Waals surface area contributed by atoms with Crippen LogP contribution in [0.4, 0.5) is 0 Å². The number of nitrogens with one attached hydrogen (secondary N) is 1. The Morgan fingerprint density at radius 2 is 1.80 bits per heavy atom. The van der Waals surface area contributed by atoms with Crippen molar-refractivity contribution in [3.05, 3.63) is 70.2 Å². The highest BCUT2D eigenvalue weighted by Gasteiger charge is 2.22. The number of halogens is 1. The number of esters is 1. The van der Waals surface area contributed by atoms with E-state index in [1.165, 1.54) is 31.4 Å². The highest BCUT2D eigenvalue weighted by atomic mass is 35.5. The molecule has 1 amide bonds. The fourth-order valence-corrected chi connectivity index (χ4v) is 2.44. The van der Waals surface area contributed by atoms with Gasteiger partial charge in [0.25, 0.3) is 5.91 Å². The van der Waals surface area contributed by atoms with Crippen molar-refractivity contribution in [1.82, 2.24) is 5.32 Å². The molecule has 2 aromatic rings. The Morgan fingerprint density at radius 1 is 1.12 bits per heavy atom. The van der Waals surface area contributed by atoms with E-state index in [1.807, 2.05) is 0 Å². The Bertz CT molecular complexity index is 806. The van der Waals surface area contributed by atoms with Crippen molar-refractivity contribution < 1.29 is 24.2 Å². The van der Waals surface area contributed by atoms with Crippen molar-refractivity contribution in [2.75, 3.05) is 7.11 Å². The zero-order valence-corrected chi connectivity index (χ0v) is 14.1. The lowest BCUT2D eigenvalue weighted by molar-refractivity contribution is -0.139. The summed E-state index contributed by atoms with van der Waals surface area (Å²) >= 11 is 6.04. The first kappa shape index (κ1) is 18.5. The number of hydrogen-bond donors (Lipinski definition) is 2. The van der Waals surface area contributed by atoms with E-state index < -0.39 is 23.9 Å². The highest BCUT2D eigenvalue weighted by molar-refractivity contribution is 6.31. The van der Waals surface area contributed by atoms with E-state index in [4.69, 9.17) is 11.6 Å². The average molecular weight is 362 g/mol. The maximum atomic E-state index is 12.3. The van der Waals surface area contributed by atoms with Crippen LogP contribution in [0.2, 0.25) is 5.02 Å². The van der Waals surface area contributed by atoms with Gasteiger partial charge in [-0.2, -0.15) is 0 Å². The zero-order valence-electron chi connectivity index (χ0n) is 13.4. The Morgan fingerprint density at radius 3 is 2.44 bits per heavy atom. The minimum Gasteiger partial charge on any atom is -0.480 e. The Balaban J connectivity index is 2.17. The van der Waals surface area contributed by atoms with Crippen LogP contribution in [0.25, 0.3) is 0 Å². The summed E-state index contributed by atoms with van der Waals surface area (Å²) in [6.07, 6.45) is 0.0391. The molecule has 0 spiro atoms. The van der Waals surface area contributed by atoms with Gasteiger partial charge in [0.2, 0.25) is 0 Å². The van der Waals surface area contributed by atoms with Gasteiger partial charge >= 0.3 is 11.9 Å². The fraction of sp³-hybridized carbons (Fsp3) is 0.167. The smallest absolute Gasteiger partial charge is 0.337 e. The first-order valence-electron chi connectivity index (χ1n) is 7.38. The topological polar surface area (TPSA) is 92.7 Å². The second-order valence-electron chi connectivity index (χ2n) is 5.23. The third kappa shape index (κ3) is 4.81. The molecule has 1 atom stereocenters. The van der Waals surface area contributed by atoms with E-state index in [2.05, 4.69) is 10.1 Å². The molecule has 0 saturated heterocycles. The molecule has 0 unspecified atom stereocenters. The van der Waals surface area contributed by atoms with Crippen molar-refractivity contribution >= 4 is 29.4 Å². The molecule has 0 heterocycles. The molecule has 0 bridgehead atoms. The molecule has 0 saturated carbocycles. The Hall–Kier alpha value is -2.86. The van der Waals surface area contributed by atoms with Crippen LogP contribution in [0.5, 0.6) is 0 Å². The Kier molecular flexibility index (Phi) is 6.14. The van der Waals surface area contributed by atoms with E-state index in [0.717, 1.165) is 0 Å². The van der Waals surface area contributed by atoms with Crippen LogP contribution in [-0.2, 0) is 16.0 Å². The number of aliphatic carboxylic acids is 1. The van der Waals surface area contributed by atoms with Crippen molar-refractivity contribution in [3.63, 3.8) is 0 Å². The number of ether oxygens (including phenoxy) is 1. The van der Waals surface area contributed by atoms with Gasteiger partial charge in [0.1, 0.15) is 6.04 Å². The normalized spacial score (nSPS) is 11.4. The number of benzene rings is 2. The van der Waals surface area contributed by atoms with Gasteiger partial charge in [-0.15, -0.1) is 0 Å². The van der Waals surface area contributed by atoms with Gasteiger partial charge in [0, 0.05) is 17.0 Å². The van der Waals surface area contributed by atoms with Crippen LogP contribution in [0.15, 0.2) is 48.5 Å². The third-order valence-corrected chi connectivity index (χ3v) is 3.90. The SMILES string of the molecule is COC(=O)c1cccc(C(=O)N[C@H](Cc2ccccc2Cl)C(=O)O)c1. The van der Waals surface area contributed by atoms with E-state index in [-0.39, 0.29) is 17.5 Å². The first-order chi connectivity index (χ1) is 11.9. The molecule has 0 aliphatic heterocycles. The molecule has 7 heteroatoms. The van der Waals surface area contributed by atoms with Crippen LogP contribution in [0.3, 0.4) is 0 Å². The highest BCUT2D eigenvalue weighted by Crippen LogP contribution is 2.17. The maximum absolute atomic E-state index is 12.3. The molecule has 25 heavy (non-hydrogen) atoms. The number of carboxylic acid groups (broad SMARTS) is 1. The summed E-state index contributed by atoms with van der Waals surface area (Å²) in [4.78, 5) is 35.3. The maximum Gasteiger partial charge on any atom is 0.337 e. The quantitative estimate of drug-likeness (QED) is 0.771. The molecule has 0 aromatic heterocycles. The molecule has 130 valence electrons. The van der Waals surface area contributed by atoms with E-state index in [9.17, 15) is 19.5 Å². The number of carbonyl (C=O) groups is 3. The molecular weight excluding hydrogens is 346 g/mol. The number of carboxylic acids is 1. The van der Waals surface area contributed by atoms with E-state index in [0.29, 0.717) is 10.6 Å². The standard InChI is InChI=1S/C18H16ClNO5/c1-25-18(24)13-7-4-6-12(9-13)16(21)20-15(17(22)23)10-11-5-2-3-8-14(11)19/h2-9,15H,10H2,1H3,(H,20,21)(H,22,23)/t15-/m1/s1. The van der Waals surface area contributed by atoms with Gasteiger partial charge in [-0.1, -0.05) is 35.9 Å². The minimum absolute atomic E-state index is 0.0391. The number of methoxy groups -OCH3 is 1. The summed E-state index contributed by atoms with van der Waals surface area (Å²) in [7, 11) is 1.24. The van der Waals surface area contributed by atoms with Gasteiger partial charge in [-0.3, -0.25) is 4.79 Å². The summed E-state index contributed by atoms with van der Waals surface area (Å²) in [6, 6.07) is 11.5. The van der Waals surface area contributed by atoms with Gasteiger partial charge in [0.05, 0.1) is 12.7 Å². The lowest BCUT2D eigenvalue weighted by Gasteiger charge is -2.15. The van der Waals surface area contributed by atoms with Gasteiger partial charge in [-0.05, 0) is 29.8 Å². The van der Waals surface area contributed by atoms with Crippen LogP contribution in [0, 0.1) is 0 Å². The van der Waals surface area contributed by atoms with Crippen molar-refractivity contribution in [2.24, 2.45) is 0 Å². The fourth-order valence-electron chi connectivity index (χ4n) is 2.23. The number of amides is 1. The summed E-state index contributed by atoms with van der Waals surface area (Å²) < 4.78 is 4.60. The summed E-state index contributed by atoms with van der Waals surface area (Å²) in [6.45, 7) is 0. The first-order valence-corrected chi connectivity index (χ1v) is 7.75. The number of rotatable bonds is 6. The third-order valence-electron chi connectivity index (χ3n) is 3.53. The van der Waals surface area contributed by atoms with Gasteiger partial charge < -0.3 is 15.2 Å². The Labute approximate surface area is 149 Å². The van der Waals surface area contributed by atoms with Gasteiger partial charge in [0.15, 0.2) is 0 Å². The molecule has 6 nitrogen and oxygen atoms in total. The average Bonchev–Trinajstić information content (AvgIpc) is 2.62. The predicted octanol–water partition coefficient (Wildman–Crippen LogP) is 2.55. The number of hydrogen-bond acceptors (Lipinski definition) is 4. The lowest BCUT2D eigenvalue weighted by Crippen LogP contribution is -2.42. The van der Waals surface area contributed by atoms with Crippen LogP contribution in [-0.4, -0.2) is 36.1 Å². The zero-order chi connectivity index (χ0) is 18.4. The second-order valence-corrected chi connectivity index (χ2v) is 5.64. The van der Waals surface area contributed by atoms with E-state index >= 15 is 0 Å². The largest absolute Gasteiger partial charge is 0.480 e. The van der Waals surface area contributed by atoms with Crippen molar-refractivity contribution in [1.29, 1.82) is 0 Å².